The zero-order valence-electron chi connectivity index (χ0n) is 23.6. The zero-order valence-corrected chi connectivity index (χ0v) is 24.6. The lowest BCUT2D eigenvalue weighted by Gasteiger charge is -2.36. The van der Waals surface area contributed by atoms with Crippen LogP contribution in [-0.2, 0) is 15.8 Å². The molecule has 0 aliphatic heterocycles. The Bertz CT molecular complexity index is 1380. The number of halogens is 2. The number of anilines is 1. The van der Waals surface area contributed by atoms with E-state index < -0.39 is 43.2 Å². The van der Waals surface area contributed by atoms with E-state index >= 15 is 0 Å². The number of hydrogen-bond donors (Lipinski definition) is 1. The number of carbonyl (C=O) groups excluding carboxylic acids is 1. The third-order valence-electron chi connectivity index (χ3n) is 7.80. The van der Waals surface area contributed by atoms with Gasteiger partial charge in [0, 0.05) is 18.3 Å². The van der Waals surface area contributed by atoms with Gasteiger partial charge < -0.3 is 14.5 Å². The molecule has 1 aromatic carbocycles. The highest BCUT2D eigenvalue weighted by molar-refractivity contribution is 6.74. The summed E-state index contributed by atoms with van der Waals surface area (Å²) >= 11 is 0. The van der Waals surface area contributed by atoms with E-state index in [4.69, 9.17) is 9.16 Å². The Morgan fingerprint density at radius 3 is 2.50 bits per heavy atom. The number of amides is 1. The van der Waals surface area contributed by atoms with Crippen LogP contribution in [-0.4, -0.2) is 40.4 Å². The molecule has 0 spiro atoms. The lowest BCUT2D eigenvalue weighted by Crippen LogP contribution is -2.41. The van der Waals surface area contributed by atoms with E-state index in [1.165, 1.54) is 12.3 Å². The Hall–Kier alpha value is -3.38. The van der Waals surface area contributed by atoms with Crippen molar-refractivity contribution < 1.29 is 22.7 Å². The van der Waals surface area contributed by atoms with E-state index in [-0.39, 0.29) is 16.7 Å². The van der Waals surface area contributed by atoms with Crippen molar-refractivity contribution in [2.75, 3.05) is 11.9 Å². The molecule has 1 aliphatic rings. The summed E-state index contributed by atoms with van der Waals surface area (Å²) in [5.74, 6) is -2.34. The van der Waals surface area contributed by atoms with Crippen molar-refractivity contribution in [2.45, 2.75) is 77.2 Å². The fraction of sp³-hybridized carbons (Fsp3) is 0.500. The number of hydrogen-bond acceptors (Lipinski definition) is 6. The summed E-state index contributed by atoms with van der Waals surface area (Å²) in [7, 11) is -1.88. The number of ether oxygens (including phenoxy) is 1. The maximum absolute atomic E-state index is 14.0. The molecule has 1 atom stereocenters. The first-order valence-corrected chi connectivity index (χ1v) is 16.4. The average Bonchev–Trinajstić information content (AvgIpc) is 3.27. The molecule has 1 unspecified atom stereocenters. The van der Waals surface area contributed by atoms with Crippen molar-refractivity contribution in [3.63, 3.8) is 0 Å². The Kier molecular flexibility index (Phi) is 8.89. The zero-order chi connectivity index (χ0) is 29.1. The summed E-state index contributed by atoms with van der Waals surface area (Å²) in [6.07, 6.45) is 6.38. The van der Waals surface area contributed by atoms with E-state index in [1.807, 2.05) is 0 Å². The van der Waals surface area contributed by atoms with Crippen LogP contribution in [0.5, 0.6) is 11.5 Å². The summed E-state index contributed by atoms with van der Waals surface area (Å²) in [6, 6.07) is 5.19. The highest BCUT2D eigenvalue weighted by Crippen LogP contribution is 2.36. The fourth-order valence-corrected chi connectivity index (χ4v) is 5.16. The van der Waals surface area contributed by atoms with Crippen LogP contribution in [0.2, 0.25) is 18.1 Å². The van der Waals surface area contributed by atoms with Crippen molar-refractivity contribution in [3.05, 3.63) is 64.7 Å². The maximum atomic E-state index is 14.0. The molecule has 1 amide bonds. The molecule has 9 nitrogen and oxygen atoms in total. The normalized spacial score (nSPS) is 15.0. The number of aromatic nitrogens is 4. The van der Waals surface area contributed by atoms with Gasteiger partial charge in [0.25, 0.3) is 11.5 Å². The van der Waals surface area contributed by atoms with Crippen LogP contribution in [0.15, 0.2) is 47.5 Å². The molecule has 2 heterocycles. The van der Waals surface area contributed by atoms with E-state index in [9.17, 15) is 18.4 Å². The molecule has 1 N–H and O–H groups in total. The van der Waals surface area contributed by atoms with Crippen LogP contribution in [0.25, 0.3) is 0 Å². The van der Waals surface area contributed by atoms with Gasteiger partial charge in [-0.3, -0.25) is 14.3 Å². The van der Waals surface area contributed by atoms with Crippen molar-refractivity contribution >= 4 is 20.0 Å². The van der Waals surface area contributed by atoms with E-state index in [2.05, 4.69) is 49.4 Å². The van der Waals surface area contributed by atoms with Gasteiger partial charge in [0.2, 0.25) is 0 Å². The Labute approximate surface area is 233 Å². The average molecular weight is 574 g/mol. The van der Waals surface area contributed by atoms with Crippen molar-refractivity contribution in [1.82, 2.24) is 19.6 Å². The minimum atomic E-state index is -1.88. The Balaban J connectivity index is 1.45. The van der Waals surface area contributed by atoms with Gasteiger partial charge >= 0.3 is 0 Å². The number of benzene rings is 1. The summed E-state index contributed by atoms with van der Waals surface area (Å²) in [4.78, 5) is 26.3. The summed E-state index contributed by atoms with van der Waals surface area (Å²) in [6.45, 7) is 12.0. The van der Waals surface area contributed by atoms with Gasteiger partial charge in [0.1, 0.15) is 6.04 Å². The van der Waals surface area contributed by atoms with Gasteiger partial charge in [-0.15, -0.1) is 0 Å². The standard InChI is InChI=1S/C28H37F2N5O4Si/c1-28(2,3)40(4,5)38-15-14-34-13-12-24(33-34)32-27(37)23(16-19-8-6-9-19)35-25(36)17-20(18-31-35)39-26-21(29)10-7-11-22(26)30/h7,10-13,17-19,23H,6,8-9,14-16H2,1-5H3,(H,32,33,37). The predicted molar refractivity (Wildman–Crippen MR) is 150 cm³/mol. The molecular weight excluding hydrogens is 536 g/mol. The third-order valence-corrected chi connectivity index (χ3v) is 12.3. The van der Waals surface area contributed by atoms with Crippen molar-refractivity contribution in [1.29, 1.82) is 0 Å². The summed E-state index contributed by atoms with van der Waals surface area (Å²) < 4.78 is 42.2. The second kappa shape index (κ2) is 12.0. The topological polar surface area (TPSA) is 100 Å². The van der Waals surface area contributed by atoms with Gasteiger partial charge in [-0.1, -0.05) is 46.1 Å². The molecule has 4 rings (SSSR count). The summed E-state index contributed by atoms with van der Waals surface area (Å²) in [5, 5.41) is 11.5. The molecule has 216 valence electrons. The first-order valence-electron chi connectivity index (χ1n) is 13.5. The molecule has 0 saturated heterocycles. The van der Waals surface area contributed by atoms with Gasteiger partial charge in [0.05, 0.1) is 19.3 Å². The molecule has 40 heavy (non-hydrogen) atoms. The van der Waals surface area contributed by atoms with Gasteiger partial charge in [-0.25, -0.2) is 13.5 Å². The maximum Gasteiger partial charge on any atom is 0.271 e. The number of para-hydroxylation sites is 1. The van der Waals surface area contributed by atoms with Crippen LogP contribution in [0.3, 0.4) is 0 Å². The molecular formula is C28H37F2N5O4Si. The van der Waals surface area contributed by atoms with Gasteiger partial charge in [-0.05, 0) is 42.6 Å². The Morgan fingerprint density at radius 1 is 1.20 bits per heavy atom. The molecule has 2 aromatic heterocycles. The second-order valence-electron chi connectivity index (χ2n) is 11.7. The van der Waals surface area contributed by atoms with Crippen LogP contribution in [0.4, 0.5) is 14.6 Å². The monoisotopic (exact) mass is 573 g/mol. The minimum absolute atomic E-state index is 0.107. The highest BCUT2D eigenvalue weighted by atomic mass is 28.4. The quantitative estimate of drug-likeness (QED) is 0.287. The van der Waals surface area contributed by atoms with Crippen LogP contribution >= 0.6 is 0 Å². The van der Waals surface area contributed by atoms with Crippen molar-refractivity contribution in [2.24, 2.45) is 5.92 Å². The molecule has 1 saturated carbocycles. The number of nitrogens with zero attached hydrogens (tertiary/aromatic N) is 4. The molecule has 1 aliphatic carbocycles. The SMILES string of the molecule is CC(C)(C)[Si](C)(C)OCCn1ccc(NC(=O)C(CC2CCC2)n2ncc(Oc3c(F)cccc3F)cc2=O)n1. The Morgan fingerprint density at radius 2 is 1.90 bits per heavy atom. The fourth-order valence-electron chi connectivity index (χ4n) is 4.12. The molecule has 12 heteroatoms. The van der Waals surface area contributed by atoms with Gasteiger partial charge in [-0.2, -0.15) is 10.2 Å². The third kappa shape index (κ3) is 7.03. The lowest BCUT2D eigenvalue weighted by atomic mass is 9.80. The van der Waals surface area contributed by atoms with E-state index in [0.29, 0.717) is 25.4 Å². The molecule has 0 bridgehead atoms. The first kappa shape index (κ1) is 29.6. The largest absolute Gasteiger partial charge is 0.449 e. The van der Waals surface area contributed by atoms with Crippen LogP contribution in [0.1, 0.15) is 52.5 Å². The first-order chi connectivity index (χ1) is 18.8. The van der Waals surface area contributed by atoms with E-state index in [0.717, 1.165) is 42.1 Å². The molecule has 1 fully saturated rings. The number of carbonyl (C=O) groups is 1. The van der Waals surface area contributed by atoms with Gasteiger partial charge in [0.15, 0.2) is 37.3 Å². The minimum Gasteiger partial charge on any atom is -0.449 e. The van der Waals surface area contributed by atoms with Crippen LogP contribution < -0.4 is 15.6 Å². The molecule has 3 aromatic rings. The van der Waals surface area contributed by atoms with E-state index in [1.54, 1.807) is 16.9 Å². The van der Waals surface area contributed by atoms with Crippen LogP contribution in [0, 0.1) is 17.6 Å². The highest BCUT2D eigenvalue weighted by Gasteiger charge is 2.37. The second-order valence-corrected chi connectivity index (χ2v) is 16.5. The smallest absolute Gasteiger partial charge is 0.271 e. The van der Waals surface area contributed by atoms with Crippen molar-refractivity contribution in [3.8, 4) is 11.5 Å². The number of nitrogens with one attached hydrogen (secondary N) is 1. The lowest BCUT2D eigenvalue weighted by molar-refractivity contribution is -0.120. The predicted octanol–water partition coefficient (Wildman–Crippen LogP) is 5.90. The molecule has 0 radical (unpaired) electrons. The summed E-state index contributed by atoms with van der Waals surface area (Å²) in [5.41, 5.74) is -0.623. The number of rotatable bonds is 11.